The molecule has 142 valence electrons. The third-order valence-electron chi connectivity index (χ3n) is 4.24. The average Bonchev–Trinajstić information content (AvgIpc) is 2.64. The van der Waals surface area contributed by atoms with Crippen LogP contribution in [0.15, 0.2) is 48.5 Å². The van der Waals surface area contributed by atoms with Gasteiger partial charge in [-0.25, -0.2) is 0 Å². The molecule has 0 heterocycles. The molecule has 2 atom stereocenters. The number of benzene rings is 2. The van der Waals surface area contributed by atoms with E-state index in [0.29, 0.717) is 12.6 Å². The number of hydrogen-bond acceptors (Lipinski definition) is 4. The molecule has 0 saturated heterocycles. The Morgan fingerprint density at radius 1 is 1.12 bits per heavy atom. The fourth-order valence-electron chi connectivity index (χ4n) is 2.77. The van der Waals surface area contributed by atoms with Crippen molar-refractivity contribution < 1.29 is 9.47 Å². The maximum absolute atomic E-state index is 6.08. The van der Waals surface area contributed by atoms with E-state index in [4.69, 9.17) is 21.1 Å². The molecule has 2 aromatic carbocycles. The Bertz CT molecular complexity index is 649. The molecule has 2 N–H and O–H groups in total. The molecule has 0 spiro atoms. The van der Waals surface area contributed by atoms with Gasteiger partial charge in [-0.05, 0) is 55.8 Å². The van der Waals surface area contributed by atoms with Crippen LogP contribution >= 0.6 is 11.6 Å². The molecule has 0 bridgehead atoms. The number of nitrogens with one attached hydrogen (secondary N) is 2. The molecule has 5 heteroatoms. The van der Waals surface area contributed by atoms with Gasteiger partial charge >= 0.3 is 0 Å². The lowest BCUT2D eigenvalue weighted by Crippen LogP contribution is -2.32. The van der Waals surface area contributed by atoms with Gasteiger partial charge in [0.1, 0.15) is 12.4 Å². The van der Waals surface area contributed by atoms with E-state index in [0.717, 1.165) is 35.8 Å². The Labute approximate surface area is 161 Å². The zero-order valence-corrected chi connectivity index (χ0v) is 16.6. The number of likely N-dealkylation sites (N-methyl/N-ethyl adjacent to an activating group) is 1. The molecule has 0 aliphatic rings. The summed E-state index contributed by atoms with van der Waals surface area (Å²) in [4.78, 5) is 0. The largest absolute Gasteiger partial charge is 0.492 e. The van der Waals surface area contributed by atoms with Crippen LogP contribution in [0.5, 0.6) is 5.75 Å². The molecular weight excluding hydrogens is 348 g/mol. The highest BCUT2D eigenvalue weighted by Gasteiger charge is 2.12. The maximum Gasteiger partial charge on any atom is 0.119 e. The quantitative estimate of drug-likeness (QED) is 0.584. The van der Waals surface area contributed by atoms with Gasteiger partial charge in [0.2, 0.25) is 0 Å². The van der Waals surface area contributed by atoms with Crippen LogP contribution in [0.2, 0.25) is 5.02 Å². The van der Waals surface area contributed by atoms with E-state index in [2.05, 4.69) is 29.7 Å². The predicted octanol–water partition coefficient (Wildman–Crippen LogP) is 3.85. The van der Waals surface area contributed by atoms with E-state index in [1.807, 2.05) is 43.4 Å². The van der Waals surface area contributed by atoms with Gasteiger partial charge in [0, 0.05) is 31.3 Å². The average molecular weight is 377 g/mol. The van der Waals surface area contributed by atoms with Crippen LogP contribution in [0.3, 0.4) is 0 Å². The van der Waals surface area contributed by atoms with E-state index in [9.17, 15) is 0 Å². The summed E-state index contributed by atoms with van der Waals surface area (Å²) in [7, 11) is 3.64. The predicted molar refractivity (Wildman–Crippen MR) is 108 cm³/mol. The second-order valence-corrected chi connectivity index (χ2v) is 6.83. The van der Waals surface area contributed by atoms with Crippen LogP contribution in [0.4, 0.5) is 0 Å². The van der Waals surface area contributed by atoms with Crippen LogP contribution < -0.4 is 15.4 Å². The highest BCUT2D eigenvalue weighted by atomic mass is 35.5. The van der Waals surface area contributed by atoms with Gasteiger partial charge in [0.15, 0.2) is 0 Å². The van der Waals surface area contributed by atoms with Crippen molar-refractivity contribution in [2.24, 2.45) is 0 Å². The molecule has 0 saturated carbocycles. The van der Waals surface area contributed by atoms with Crippen molar-refractivity contribution in [3.05, 3.63) is 64.7 Å². The number of rotatable bonds is 11. The van der Waals surface area contributed by atoms with Gasteiger partial charge < -0.3 is 20.1 Å². The van der Waals surface area contributed by atoms with Crippen LogP contribution in [-0.2, 0) is 11.2 Å². The van der Waals surface area contributed by atoms with E-state index in [1.54, 1.807) is 7.11 Å². The minimum absolute atomic E-state index is 0.0147. The van der Waals surface area contributed by atoms with Crippen molar-refractivity contribution in [2.75, 3.05) is 33.9 Å². The summed E-state index contributed by atoms with van der Waals surface area (Å²) >= 11 is 6.08. The first-order valence-corrected chi connectivity index (χ1v) is 9.38. The molecule has 0 aliphatic heterocycles. The second kappa shape index (κ2) is 11.2. The van der Waals surface area contributed by atoms with Crippen molar-refractivity contribution in [1.82, 2.24) is 10.6 Å². The van der Waals surface area contributed by atoms with Crippen LogP contribution in [0.25, 0.3) is 0 Å². The molecule has 0 aromatic heterocycles. The molecule has 0 fully saturated rings. The smallest absolute Gasteiger partial charge is 0.119 e. The highest BCUT2D eigenvalue weighted by molar-refractivity contribution is 6.30. The SMILES string of the molecule is CNCCOc1ccc(C[C@H](C)NC[C@@H](OC)c2cccc(Cl)c2)cc1. The summed E-state index contributed by atoms with van der Waals surface area (Å²) in [6, 6.07) is 16.5. The zero-order chi connectivity index (χ0) is 18.8. The summed E-state index contributed by atoms with van der Waals surface area (Å²) in [5.74, 6) is 0.907. The summed E-state index contributed by atoms with van der Waals surface area (Å²) in [6.07, 6.45) is 0.932. The molecule has 0 amide bonds. The fourth-order valence-corrected chi connectivity index (χ4v) is 2.97. The number of ether oxygens (including phenoxy) is 2. The van der Waals surface area contributed by atoms with Crippen LogP contribution in [-0.4, -0.2) is 39.9 Å². The molecule has 0 radical (unpaired) electrons. The molecule has 4 nitrogen and oxygen atoms in total. The Morgan fingerprint density at radius 3 is 2.54 bits per heavy atom. The van der Waals surface area contributed by atoms with Gasteiger partial charge in [0.25, 0.3) is 0 Å². The molecular formula is C21H29ClN2O2. The van der Waals surface area contributed by atoms with Gasteiger partial charge in [0.05, 0.1) is 6.10 Å². The van der Waals surface area contributed by atoms with E-state index < -0.39 is 0 Å². The monoisotopic (exact) mass is 376 g/mol. The van der Waals surface area contributed by atoms with E-state index in [-0.39, 0.29) is 6.10 Å². The standard InChI is InChI=1S/C21H29ClN2O2/c1-16(13-17-7-9-20(10-8-17)26-12-11-23-2)24-15-21(25-3)18-5-4-6-19(22)14-18/h4-10,14,16,21,23-24H,11-13,15H2,1-3H3/t16-,21+/m0/s1. The van der Waals surface area contributed by atoms with Gasteiger partial charge in [-0.15, -0.1) is 0 Å². The van der Waals surface area contributed by atoms with Gasteiger partial charge in [-0.1, -0.05) is 35.9 Å². The molecule has 2 aromatic rings. The lowest BCUT2D eigenvalue weighted by Gasteiger charge is -2.20. The van der Waals surface area contributed by atoms with Gasteiger partial charge in [-0.3, -0.25) is 0 Å². The Morgan fingerprint density at radius 2 is 1.88 bits per heavy atom. The lowest BCUT2D eigenvalue weighted by molar-refractivity contribution is 0.0999. The third kappa shape index (κ3) is 6.96. The Hall–Kier alpha value is -1.59. The lowest BCUT2D eigenvalue weighted by atomic mass is 10.1. The minimum atomic E-state index is -0.0147. The first-order chi connectivity index (χ1) is 12.6. The summed E-state index contributed by atoms with van der Waals surface area (Å²) in [5, 5.41) is 7.35. The van der Waals surface area contributed by atoms with Crippen molar-refractivity contribution in [1.29, 1.82) is 0 Å². The molecule has 2 rings (SSSR count). The normalized spacial score (nSPS) is 13.4. The Balaban J connectivity index is 1.81. The highest BCUT2D eigenvalue weighted by Crippen LogP contribution is 2.20. The molecule has 0 aliphatic carbocycles. The summed E-state index contributed by atoms with van der Waals surface area (Å²) in [5.41, 5.74) is 2.37. The number of hydrogen-bond donors (Lipinski definition) is 2. The fraction of sp³-hybridized carbons (Fsp3) is 0.429. The van der Waals surface area contributed by atoms with Gasteiger partial charge in [-0.2, -0.15) is 0 Å². The summed E-state index contributed by atoms with van der Waals surface area (Å²) < 4.78 is 11.3. The van der Waals surface area contributed by atoms with Crippen molar-refractivity contribution in [3.8, 4) is 5.75 Å². The number of halogens is 1. The van der Waals surface area contributed by atoms with Crippen molar-refractivity contribution in [3.63, 3.8) is 0 Å². The third-order valence-corrected chi connectivity index (χ3v) is 4.48. The Kier molecular flexibility index (Phi) is 8.92. The van der Waals surface area contributed by atoms with Crippen molar-refractivity contribution >= 4 is 11.6 Å². The molecule has 0 unspecified atom stereocenters. The first kappa shape index (κ1) is 20.7. The van der Waals surface area contributed by atoms with Crippen LogP contribution in [0, 0.1) is 0 Å². The second-order valence-electron chi connectivity index (χ2n) is 6.39. The van der Waals surface area contributed by atoms with E-state index in [1.165, 1.54) is 5.56 Å². The minimum Gasteiger partial charge on any atom is -0.492 e. The first-order valence-electron chi connectivity index (χ1n) is 9.00. The maximum atomic E-state index is 6.08. The topological polar surface area (TPSA) is 42.5 Å². The summed E-state index contributed by atoms with van der Waals surface area (Å²) in [6.45, 7) is 4.44. The number of methoxy groups -OCH3 is 1. The van der Waals surface area contributed by atoms with Crippen LogP contribution in [0.1, 0.15) is 24.2 Å². The molecule has 26 heavy (non-hydrogen) atoms. The van der Waals surface area contributed by atoms with E-state index >= 15 is 0 Å². The zero-order valence-electron chi connectivity index (χ0n) is 15.8. The van der Waals surface area contributed by atoms with Crippen molar-refractivity contribution in [2.45, 2.75) is 25.5 Å².